The molecule has 128 valence electrons. The molecule has 2 N–H and O–H groups in total. The van der Waals surface area contributed by atoms with Crippen LogP contribution < -0.4 is 5.73 Å². The summed E-state index contributed by atoms with van der Waals surface area (Å²) in [4.78, 5) is 10.4. The Kier molecular flexibility index (Phi) is 5.35. The third kappa shape index (κ3) is 3.52. The van der Waals surface area contributed by atoms with E-state index >= 15 is 0 Å². The van der Waals surface area contributed by atoms with Crippen LogP contribution in [0.3, 0.4) is 0 Å². The van der Waals surface area contributed by atoms with Crippen LogP contribution in [-0.2, 0) is 14.8 Å². The Morgan fingerprint density at radius 2 is 2.17 bits per heavy atom. The summed E-state index contributed by atoms with van der Waals surface area (Å²) in [6.07, 6.45) is 1.06. The molecule has 9 heteroatoms. The maximum atomic E-state index is 12.8. The van der Waals surface area contributed by atoms with Gasteiger partial charge in [-0.1, -0.05) is 6.07 Å². The number of ether oxygens (including phenoxy) is 1. The smallest absolute Gasteiger partial charge is 0.273 e. The molecule has 0 spiro atoms. The van der Waals surface area contributed by atoms with Crippen molar-refractivity contribution in [1.29, 1.82) is 0 Å². The number of piperidine rings is 1. The molecule has 1 fully saturated rings. The van der Waals surface area contributed by atoms with E-state index in [2.05, 4.69) is 0 Å². The normalized spacial score (nSPS) is 22.9. The van der Waals surface area contributed by atoms with Gasteiger partial charge in [-0.25, -0.2) is 8.42 Å². The van der Waals surface area contributed by atoms with E-state index in [1.165, 1.54) is 16.4 Å². The number of aryl methyl sites for hydroxylation is 1. The van der Waals surface area contributed by atoms with Crippen molar-refractivity contribution < 1.29 is 18.1 Å². The maximum Gasteiger partial charge on any atom is 0.273 e. The number of methoxy groups -OCH3 is 1. The lowest BCUT2D eigenvalue weighted by molar-refractivity contribution is -0.385. The molecule has 0 aliphatic carbocycles. The summed E-state index contributed by atoms with van der Waals surface area (Å²) < 4.78 is 32.3. The van der Waals surface area contributed by atoms with E-state index in [0.717, 1.165) is 6.07 Å². The zero-order valence-corrected chi connectivity index (χ0v) is 14.0. The number of sulfonamides is 1. The number of nitrogens with two attached hydrogens (primary N) is 1. The Morgan fingerprint density at radius 3 is 2.74 bits per heavy atom. The van der Waals surface area contributed by atoms with Crippen LogP contribution in [0.25, 0.3) is 0 Å². The predicted octanol–water partition coefficient (Wildman–Crippen LogP) is 1.03. The average Bonchev–Trinajstić information content (AvgIpc) is 2.53. The molecule has 2 atom stereocenters. The van der Waals surface area contributed by atoms with E-state index in [9.17, 15) is 18.5 Å². The molecule has 23 heavy (non-hydrogen) atoms. The summed E-state index contributed by atoms with van der Waals surface area (Å²) in [5.41, 5.74) is 5.93. The molecule has 0 saturated carbocycles. The van der Waals surface area contributed by atoms with E-state index in [1.54, 1.807) is 14.0 Å². The highest BCUT2D eigenvalue weighted by molar-refractivity contribution is 7.89. The quantitative estimate of drug-likeness (QED) is 0.630. The van der Waals surface area contributed by atoms with Gasteiger partial charge in [0.25, 0.3) is 5.69 Å². The number of nitro groups is 1. The molecule has 1 aromatic carbocycles. The van der Waals surface area contributed by atoms with Crippen LogP contribution in [-0.4, -0.2) is 50.0 Å². The summed E-state index contributed by atoms with van der Waals surface area (Å²) in [5.74, 6) is 0. The summed E-state index contributed by atoms with van der Waals surface area (Å²) >= 11 is 0. The van der Waals surface area contributed by atoms with E-state index < -0.39 is 14.9 Å². The Hall–Kier alpha value is -1.55. The van der Waals surface area contributed by atoms with Crippen LogP contribution in [0.2, 0.25) is 0 Å². The number of nitro benzene ring substituents is 1. The largest absolute Gasteiger partial charge is 0.381 e. The first kappa shape index (κ1) is 17.8. The zero-order valence-electron chi connectivity index (χ0n) is 13.1. The summed E-state index contributed by atoms with van der Waals surface area (Å²) in [6.45, 7) is 2.03. The molecule has 8 nitrogen and oxygen atoms in total. The van der Waals surface area contributed by atoms with Crippen molar-refractivity contribution in [2.45, 2.75) is 36.8 Å². The topological polar surface area (TPSA) is 116 Å². The van der Waals surface area contributed by atoms with Crippen molar-refractivity contribution in [1.82, 2.24) is 4.31 Å². The maximum absolute atomic E-state index is 12.8. The first-order chi connectivity index (χ1) is 10.8. The summed E-state index contributed by atoms with van der Waals surface area (Å²) in [5, 5.41) is 11.0. The van der Waals surface area contributed by atoms with Crippen LogP contribution in [0, 0.1) is 17.0 Å². The van der Waals surface area contributed by atoms with Crippen LogP contribution in [0.1, 0.15) is 18.4 Å². The molecule has 0 radical (unpaired) electrons. The highest BCUT2D eigenvalue weighted by Crippen LogP contribution is 2.29. The SMILES string of the molecule is COC1CCN(S(=O)(=O)c2ccc(C)c([N+](=O)[O-])c2)C(CN)C1. The van der Waals surface area contributed by atoms with Gasteiger partial charge in [0.1, 0.15) is 0 Å². The molecular weight excluding hydrogens is 322 g/mol. The highest BCUT2D eigenvalue weighted by Gasteiger charge is 2.36. The van der Waals surface area contributed by atoms with E-state index in [-0.39, 0.29) is 35.8 Å². The van der Waals surface area contributed by atoms with Gasteiger partial charge in [-0.05, 0) is 25.8 Å². The summed E-state index contributed by atoms with van der Waals surface area (Å²) in [6, 6.07) is 3.58. The molecule has 2 unspecified atom stereocenters. The van der Waals surface area contributed by atoms with Crippen molar-refractivity contribution in [2.24, 2.45) is 5.73 Å². The third-order valence-corrected chi connectivity index (χ3v) is 6.15. The number of benzene rings is 1. The lowest BCUT2D eigenvalue weighted by Gasteiger charge is -2.37. The second-order valence-electron chi connectivity index (χ2n) is 5.59. The molecule has 1 heterocycles. The second-order valence-corrected chi connectivity index (χ2v) is 7.48. The van der Waals surface area contributed by atoms with Gasteiger partial charge in [0.05, 0.1) is 15.9 Å². The average molecular weight is 343 g/mol. The first-order valence-electron chi connectivity index (χ1n) is 7.31. The fraction of sp³-hybridized carbons (Fsp3) is 0.571. The molecule has 1 aliphatic rings. The van der Waals surface area contributed by atoms with Gasteiger partial charge in [0, 0.05) is 37.9 Å². The van der Waals surface area contributed by atoms with Crippen molar-refractivity contribution in [3.05, 3.63) is 33.9 Å². The number of nitrogens with zero attached hydrogens (tertiary/aromatic N) is 2. The van der Waals surface area contributed by atoms with Crippen molar-refractivity contribution in [3.8, 4) is 0 Å². The van der Waals surface area contributed by atoms with Crippen molar-refractivity contribution in [2.75, 3.05) is 20.2 Å². The van der Waals surface area contributed by atoms with Crippen LogP contribution in [0.4, 0.5) is 5.69 Å². The number of hydrogen-bond acceptors (Lipinski definition) is 6. The Labute approximate surface area is 135 Å². The predicted molar refractivity (Wildman–Crippen MR) is 84.6 cm³/mol. The highest BCUT2D eigenvalue weighted by atomic mass is 32.2. The summed E-state index contributed by atoms with van der Waals surface area (Å²) in [7, 11) is -2.25. The molecule has 1 aliphatic heterocycles. The minimum absolute atomic E-state index is 0.0256. The van der Waals surface area contributed by atoms with Crippen molar-refractivity contribution >= 4 is 15.7 Å². The standard InChI is InChI=1S/C14H21N3O5S/c1-10-3-4-13(8-14(10)17(18)19)23(20,21)16-6-5-12(22-2)7-11(16)9-15/h3-4,8,11-12H,5-7,9,15H2,1-2H3. The van der Waals surface area contributed by atoms with Gasteiger partial charge < -0.3 is 10.5 Å². The molecule has 1 saturated heterocycles. The number of rotatable bonds is 5. The Bertz CT molecular complexity index is 692. The van der Waals surface area contributed by atoms with E-state index in [1.807, 2.05) is 0 Å². The lowest BCUT2D eigenvalue weighted by Crippen LogP contribution is -2.51. The first-order valence-corrected chi connectivity index (χ1v) is 8.75. The second kappa shape index (κ2) is 6.91. The third-order valence-electron chi connectivity index (χ3n) is 4.20. The van der Waals surface area contributed by atoms with Gasteiger partial charge in [-0.3, -0.25) is 10.1 Å². The number of hydrogen-bond donors (Lipinski definition) is 1. The minimum Gasteiger partial charge on any atom is -0.381 e. The van der Waals surface area contributed by atoms with E-state index in [0.29, 0.717) is 18.4 Å². The Morgan fingerprint density at radius 1 is 1.48 bits per heavy atom. The molecule has 0 bridgehead atoms. The van der Waals surface area contributed by atoms with Crippen LogP contribution in [0.5, 0.6) is 0 Å². The van der Waals surface area contributed by atoms with Gasteiger partial charge >= 0.3 is 0 Å². The van der Waals surface area contributed by atoms with Crippen molar-refractivity contribution in [3.63, 3.8) is 0 Å². The molecule has 2 rings (SSSR count). The molecule has 0 amide bonds. The Balaban J connectivity index is 2.38. The molecule has 1 aromatic rings. The lowest BCUT2D eigenvalue weighted by atomic mass is 10.0. The molecular formula is C14H21N3O5S. The van der Waals surface area contributed by atoms with Gasteiger partial charge in [-0.15, -0.1) is 0 Å². The van der Waals surface area contributed by atoms with Gasteiger partial charge in [0.2, 0.25) is 10.0 Å². The zero-order chi connectivity index (χ0) is 17.2. The monoisotopic (exact) mass is 343 g/mol. The van der Waals surface area contributed by atoms with E-state index in [4.69, 9.17) is 10.5 Å². The van der Waals surface area contributed by atoms with Crippen LogP contribution >= 0.6 is 0 Å². The van der Waals surface area contributed by atoms with Gasteiger partial charge in [0.15, 0.2) is 0 Å². The molecule has 0 aromatic heterocycles. The minimum atomic E-state index is -3.83. The van der Waals surface area contributed by atoms with Gasteiger partial charge in [-0.2, -0.15) is 4.31 Å². The fourth-order valence-electron chi connectivity index (χ4n) is 2.82. The van der Waals surface area contributed by atoms with Crippen LogP contribution in [0.15, 0.2) is 23.1 Å². The fourth-order valence-corrected chi connectivity index (χ4v) is 4.50.